The molecule has 1 aliphatic heterocycles. The number of nitrogens with zero attached hydrogens (tertiary/aromatic N) is 3. The van der Waals surface area contributed by atoms with Crippen LogP contribution in [0.2, 0.25) is 5.02 Å². The molecule has 0 radical (unpaired) electrons. The van der Waals surface area contributed by atoms with Gasteiger partial charge >= 0.3 is 0 Å². The van der Waals surface area contributed by atoms with E-state index in [1.54, 1.807) is 0 Å². The molecule has 3 heterocycles. The van der Waals surface area contributed by atoms with Crippen LogP contribution in [0.25, 0.3) is 11.4 Å². The number of benzene rings is 1. The molecule has 1 aromatic carbocycles. The minimum absolute atomic E-state index is 0.112. The van der Waals surface area contributed by atoms with Gasteiger partial charge in [-0.3, -0.25) is 4.79 Å². The average molecular weight is 374 g/mol. The zero-order chi connectivity index (χ0) is 17.2. The third-order valence-electron chi connectivity index (χ3n) is 4.41. The molecule has 128 valence electrons. The molecule has 1 aliphatic rings. The lowest BCUT2D eigenvalue weighted by atomic mass is 9.96. The summed E-state index contributed by atoms with van der Waals surface area (Å²) in [6.07, 6.45) is 1.67. The van der Waals surface area contributed by atoms with Gasteiger partial charge in [-0.25, -0.2) is 0 Å². The summed E-state index contributed by atoms with van der Waals surface area (Å²) in [5.74, 6) is 1.53. The zero-order valence-corrected chi connectivity index (χ0v) is 15.0. The first-order chi connectivity index (χ1) is 12.2. The second kappa shape index (κ2) is 6.98. The molecule has 25 heavy (non-hydrogen) atoms. The van der Waals surface area contributed by atoms with E-state index in [-0.39, 0.29) is 11.8 Å². The number of amides is 1. The molecule has 3 aromatic rings. The van der Waals surface area contributed by atoms with E-state index in [0.29, 0.717) is 29.8 Å². The highest BCUT2D eigenvalue weighted by molar-refractivity contribution is 7.12. The number of carbonyl (C=O) groups is 1. The number of hydrogen-bond donors (Lipinski definition) is 0. The van der Waals surface area contributed by atoms with Gasteiger partial charge in [-0.15, -0.1) is 11.3 Å². The maximum Gasteiger partial charge on any atom is 0.263 e. The summed E-state index contributed by atoms with van der Waals surface area (Å²) in [6, 6.07) is 11.1. The minimum atomic E-state index is 0.112. The lowest BCUT2D eigenvalue weighted by Gasteiger charge is -2.30. The van der Waals surface area contributed by atoms with Crippen LogP contribution in [0.5, 0.6) is 0 Å². The number of aromatic nitrogens is 2. The summed E-state index contributed by atoms with van der Waals surface area (Å²) >= 11 is 7.39. The van der Waals surface area contributed by atoms with Crippen molar-refractivity contribution in [2.75, 3.05) is 13.1 Å². The Morgan fingerprint density at radius 2 is 1.96 bits per heavy atom. The first-order valence-corrected chi connectivity index (χ1v) is 9.39. The minimum Gasteiger partial charge on any atom is -0.339 e. The first-order valence-electron chi connectivity index (χ1n) is 8.13. The molecule has 0 bridgehead atoms. The van der Waals surface area contributed by atoms with Gasteiger partial charge < -0.3 is 9.42 Å². The summed E-state index contributed by atoms with van der Waals surface area (Å²) in [4.78, 5) is 19.6. The van der Waals surface area contributed by atoms with Crippen molar-refractivity contribution < 1.29 is 9.32 Å². The largest absolute Gasteiger partial charge is 0.339 e. The van der Waals surface area contributed by atoms with E-state index in [2.05, 4.69) is 10.1 Å². The van der Waals surface area contributed by atoms with E-state index < -0.39 is 0 Å². The molecule has 2 aromatic heterocycles. The molecule has 0 unspecified atom stereocenters. The summed E-state index contributed by atoms with van der Waals surface area (Å²) in [5.41, 5.74) is 0.879. The predicted octanol–water partition coefficient (Wildman–Crippen LogP) is 4.47. The van der Waals surface area contributed by atoms with Crippen molar-refractivity contribution in [3.63, 3.8) is 0 Å². The lowest BCUT2D eigenvalue weighted by Crippen LogP contribution is -2.37. The highest BCUT2D eigenvalue weighted by Gasteiger charge is 2.28. The molecule has 4 rings (SSSR count). The van der Waals surface area contributed by atoms with Crippen molar-refractivity contribution in [2.24, 2.45) is 0 Å². The van der Waals surface area contributed by atoms with Crippen molar-refractivity contribution in [2.45, 2.75) is 18.8 Å². The quantitative estimate of drug-likeness (QED) is 0.679. The van der Waals surface area contributed by atoms with E-state index in [0.717, 1.165) is 23.3 Å². The molecule has 0 saturated carbocycles. The number of halogens is 1. The molecule has 1 saturated heterocycles. The van der Waals surface area contributed by atoms with E-state index >= 15 is 0 Å². The Balaban J connectivity index is 1.41. The second-order valence-corrected chi connectivity index (χ2v) is 7.39. The van der Waals surface area contributed by atoms with Gasteiger partial charge in [0.05, 0.1) is 4.88 Å². The maximum atomic E-state index is 12.4. The number of carbonyl (C=O) groups excluding carboxylic acids is 1. The molecular weight excluding hydrogens is 358 g/mol. The summed E-state index contributed by atoms with van der Waals surface area (Å²) in [7, 11) is 0. The van der Waals surface area contributed by atoms with Gasteiger partial charge in [-0.2, -0.15) is 4.98 Å². The lowest BCUT2D eigenvalue weighted by molar-refractivity contribution is 0.0709. The zero-order valence-electron chi connectivity index (χ0n) is 13.4. The van der Waals surface area contributed by atoms with Crippen LogP contribution in [0, 0.1) is 0 Å². The van der Waals surface area contributed by atoms with Crippen molar-refractivity contribution in [1.82, 2.24) is 15.0 Å². The van der Waals surface area contributed by atoms with E-state index in [4.69, 9.17) is 16.1 Å². The molecular formula is C18H16ClN3O2S. The number of hydrogen-bond acceptors (Lipinski definition) is 5. The van der Waals surface area contributed by atoms with Crippen LogP contribution in [0.3, 0.4) is 0 Å². The number of piperidine rings is 1. The van der Waals surface area contributed by atoms with E-state index in [1.807, 2.05) is 46.7 Å². The van der Waals surface area contributed by atoms with Crippen LogP contribution in [-0.4, -0.2) is 34.0 Å². The molecule has 0 atom stereocenters. The predicted molar refractivity (Wildman–Crippen MR) is 96.9 cm³/mol. The van der Waals surface area contributed by atoms with Crippen LogP contribution in [0.4, 0.5) is 0 Å². The Kier molecular flexibility index (Phi) is 4.55. The van der Waals surface area contributed by atoms with Crippen molar-refractivity contribution in [1.29, 1.82) is 0 Å². The molecule has 5 nitrogen and oxygen atoms in total. The highest BCUT2D eigenvalue weighted by Crippen LogP contribution is 2.29. The fourth-order valence-corrected chi connectivity index (χ4v) is 3.82. The van der Waals surface area contributed by atoms with Crippen molar-refractivity contribution in [3.05, 3.63) is 57.6 Å². The van der Waals surface area contributed by atoms with Crippen LogP contribution in [0.15, 0.2) is 46.3 Å². The first kappa shape index (κ1) is 16.3. The van der Waals surface area contributed by atoms with E-state index in [1.165, 1.54) is 11.3 Å². The standard InChI is InChI=1S/C18H16ClN3O2S/c19-14-5-3-12(4-6-14)16-20-17(24-21-16)13-7-9-22(10-8-13)18(23)15-2-1-11-25-15/h1-6,11,13H,7-10H2. The summed E-state index contributed by atoms with van der Waals surface area (Å²) < 4.78 is 5.46. The smallest absolute Gasteiger partial charge is 0.263 e. The van der Waals surface area contributed by atoms with Gasteiger partial charge in [-0.1, -0.05) is 22.8 Å². The molecule has 0 N–H and O–H groups in total. The van der Waals surface area contributed by atoms with Gasteiger partial charge in [0.1, 0.15) is 0 Å². The van der Waals surface area contributed by atoms with Gasteiger partial charge in [0, 0.05) is 29.6 Å². The summed E-state index contributed by atoms with van der Waals surface area (Å²) in [5, 5.41) is 6.68. The Morgan fingerprint density at radius 1 is 1.20 bits per heavy atom. The fraction of sp³-hybridized carbons (Fsp3) is 0.278. The molecule has 0 spiro atoms. The topological polar surface area (TPSA) is 59.2 Å². The van der Waals surface area contributed by atoms with Crippen LogP contribution < -0.4 is 0 Å². The Morgan fingerprint density at radius 3 is 2.64 bits per heavy atom. The second-order valence-electron chi connectivity index (χ2n) is 6.01. The number of rotatable bonds is 3. The third kappa shape index (κ3) is 3.45. The van der Waals surface area contributed by atoms with Crippen molar-refractivity contribution >= 4 is 28.8 Å². The molecule has 7 heteroatoms. The highest BCUT2D eigenvalue weighted by atomic mass is 35.5. The molecule has 0 aliphatic carbocycles. The average Bonchev–Trinajstić information content (AvgIpc) is 3.34. The Bertz CT molecular complexity index is 853. The maximum absolute atomic E-state index is 12.4. The van der Waals surface area contributed by atoms with Crippen LogP contribution in [0.1, 0.15) is 34.3 Å². The third-order valence-corrected chi connectivity index (χ3v) is 5.52. The summed E-state index contributed by atoms with van der Waals surface area (Å²) in [6.45, 7) is 1.42. The van der Waals surface area contributed by atoms with Gasteiger partial charge in [0.2, 0.25) is 11.7 Å². The molecule has 1 fully saturated rings. The normalized spacial score (nSPS) is 15.5. The van der Waals surface area contributed by atoms with Gasteiger partial charge in [-0.05, 0) is 48.6 Å². The molecule has 1 amide bonds. The van der Waals surface area contributed by atoms with Crippen LogP contribution >= 0.6 is 22.9 Å². The van der Waals surface area contributed by atoms with Crippen molar-refractivity contribution in [3.8, 4) is 11.4 Å². The van der Waals surface area contributed by atoms with Gasteiger partial charge in [0.25, 0.3) is 5.91 Å². The van der Waals surface area contributed by atoms with Gasteiger partial charge in [0.15, 0.2) is 0 Å². The number of thiophene rings is 1. The monoisotopic (exact) mass is 373 g/mol. The number of likely N-dealkylation sites (tertiary alicyclic amines) is 1. The SMILES string of the molecule is O=C(c1cccs1)N1CCC(c2nc(-c3ccc(Cl)cc3)no2)CC1. The van der Waals surface area contributed by atoms with Crippen LogP contribution in [-0.2, 0) is 0 Å². The Hall–Kier alpha value is -2.18. The fourth-order valence-electron chi connectivity index (χ4n) is 3.00. The van der Waals surface area contributed by atoms with E-state index in [9.17, 15) is 4.79 Å². The Labute approximate surface area is 154 Å².